The first-order chi connectivity index (χ1) is 10.3. The number of nitrogens with zero attached hydrogens (tertiary/aromatic N) is 1. The number of nitrogens with one attached hydrogen (secondary N) is 1. The van der Waals surface area contributed by atoms with Crippen molar-refractivity contribution in [1.29, 1.82) is 0 Å². The molecule has 0 radical (unpaired) electrons. The largest absolute Gasteiger partial charge is 0.312 e. The second-order valence-corrected chi connectivity index (χ2v) is 7.03. The van der Waals surface area contributed by atoms with E-state index in [2.05, 4.69) is 53.5 Å². The highest BCUT2D eigenvalue weighted by Gasteiger charge is 2.16. The molecule has 3 rings (SSSR count). The number of hydrogen-bond acceptors (Lipinski definition) is 3. The zero-order valence-corrected chi connectivity index (χ0v) is 13.6. The first kappa shape index (κ1) is 14.8. The molecule has 0 atom stereocenters. The third-order valence-electron chi connectivity index (χ3n) is 4.03. The van der Waals surface area contributed by atoms with Crippen molar-refractivity contribution in [3.63, 3.8) is 0 Å². The number of rotatable bonds is 6. The molecule has 0 amide bonds. The fourth-order valence-corrected chi connectivity index (χ4v) is 3.93. The molecule has 0 aliphatic carbocycles. The molecule has 0 saturated heterocycles. The maximum absolute atomic E-state index is 3.48. The van der Waals surface area contributed by atoms with E-state index in [0.717, 1.165) is 26.2 Å². The van der Waals surface area contributed by atoms with Crippen LogP contribution in [0.1, 0.15) is 34.2 Å². The molecule has 1 aromatic heterocycles. The van der Waals surface area contributed by atoms with Gasteiger partial charge in [-0.3, -0.25) is 4.90 Å². The zero-order chi connectivity index (χ0) is 14.5. The van der Waals surface area contributed by atoms with Crippen LogP contribution in [0.5, 0.6) is 0 Å². The first-order valence-electron chi connectivity index (χ1n) is 7.92. The Morgan fingerprint density at radius 3 is 2.76 bits per heavy atom. The Kier molecular flexibility index (Phi) is 5.07. The number of fused-ring (bicyclic) bond motifs is 1. The lowest BCUT2D eigenvalue weighted by molar-refractivity contribution is 0.248. The first-order valence-corrected chi connectivity index (χ1v) is 8.74. The molecule has 2 aromatic rings. The number of benzene rings is 1. The van der Waals surface area contributed by atoms with Crippen LogP contribution in [0.2, 0.25) is 0 Å². The summed E-state index contributed by atoms with van der Waals surface area (Å²) < 4.78 is 0. The van der Waals surface area contributed by atoms with E-state index in [1.54, 1.807) is 0 Å². The summed E-state index contributed by atoms with van der Waals surface area (Å²) in [6, 6.07) is 13.4. The predicted octanol–water partition coefficient (Wildman–Crippen LogP) is 3.81. The highest BCUT2D eigenvalue weighted by molar-refractivity contribution is 7.11. The summed E-state index contributed by atoms with van der Waals surface area (Å²) >= 11 is 1.95. The van der Waals surface area contributed by atoms with Crippen LogP contribution >= 0.6 is 11.3 Å². The second-order valence-electron chi connectivity index (χ2n) is 5.77. The van der Waals surface area contributed by atoms with E-state index < -0.39 is 0 Å². The summed E-state index contributed by atoms with van der Waals surface area (Å²) in [7, 11) is 0. The summed E-state index contributed by atoms with van der Waals surface area (Å²) in [5.74, 6) is 0. The van der Waals surface area contributed by atoms with Gasteiger partial charge in [-0.25, -0.2) is 0 Å². The molecule has 0 fully saturated rings. The van der Waals surface area contributed by atoms with Gasteiger partial charge in [-0.2, -0.15) is 0 Å². The van der Waals surface area contributed by atoms with Gasteiger partial charge in [0.2, 0.25) is 0 Å². The molecule has 112 valence electrons. The van der Waals surface area contributed by atoms with Crippen LogP contribution in [0.15, 0.2) is 36.4 Å². The van der Waals surface area contributed by atoms with Gasteiger partial charge in [0, 0.05) is 35.9 Å². The Bertz CT molecular complexity index is 576. The van der Waals surface area contributed by atoms with Crippen LogP contribution in [0.3, 0.4) is 0 Å². The Labute approximate surface area is 131 Å². The van der Waals surface area contributed by atoms with E-state index in [4.69, 9.17) is 0 Å². The van der Waals surface area contributed by atoms with E-state index in [9.17, 15) is 0 Å². The maximum atomic E-state index is 3.48. The standard InChI is InChI=1S/C18H24N2S/c1-2-10-19-12-17-7-8-18(21-17)14-20-11-9-15-5-3-4-6-16(15)13-20/h3-8,19H,2,9-14H2,1H3. The van der Waals surface area contributed by atoms with E-state index in [0.29, 0.717) is 0 Å². The minimum absolute atomic E-state index is 1.02. The Hall–Kier alpha value is -1.16. The van der Waals surface area contributed by atoms with Crippen LogP contribution in [-0.2, 0) is 26.1 Å². The summed E-state index contributed by atoms with van der Waals surface area (Å²) in [5, 5.41) is 3.48. The van der Waals surface area contributed by atoms with Gasteiger partial charge < -0.3 is 5.32 Å². The molecule has 0 spiro atoms. The molecule has 0 saturated carbocycles. The lowest BCUT2D eigenvalue weighted by Crippen LogP contribution is -2.29. The fraction of sp³-hybridized carbons (Fsp3) is 0.444. The predicted molar refractivity (Wildman–Crippen MR) is 90.6 cm³/mol. The smallest absolute Gasteiger partial charge is 0.0331 e. The molecule has 1 aliphatic heterocycles. The Balaban J connectivity index is 1.55. The van der Waals surface area contributed by atoms with Gasteiger partial charge in [0.25, 0.3) is 0 Å². The minimum Gasteiger partial charge on any atom is -0.312 e. The van der Waals surface area contributed by atoms with E-state index >= 15 is 0 Å². The van der Waals surface area contributed by atoms with Gasteiger partial charge >= 0.3 is 0 Å². The minimum atomic E-state index is 1.02. The zero-order valence-electron chi connectivity index (χ0n) is 12.8. The normalized spacial score (nSPS) is 15.1. The summed E-state index contributed by atoms with van der Waals surface area (Å²) in [6.07, 6.45) is 2.39. The van der Waals surface area contributed by atoms with Gasteiger partial charge in [-0.15, -0.1) is 11.3 Å². The quantitative estimate of drug-likeness (QED) is 0.816. The van der Waals surface area contributed by atoms with E-state index in [1.807, 2.05) is 11.3 Å². The van der Waals surface area contributed by atoms with Gasteiger partial charge in [0.1, 0.15) is 0 Å². The fourth-order valence-electron chi connectivity index (χ4n) is 2.90. The van der Waals surface area contributed by atoms with Crippen molar-refractivity contribution in [3.8, 4) is 0 Å². The van der Waals surface area contributed by atoms with Crippen molar-refractivity contribution < 1.29 is 0 Å². The van der Waals surface area contributed by atoms with Crippen molar-refractivity contribution in [2.45, 2.75) is 39.4 Å². The Morgan fingerprint density at radius 1 is 1.10 bits per heavy atom. The molecule has 1 N–H and O–H groups in total. The molecule has 1 aliphatic rings. The lowest BCUT2D eigenvalue weighted by Gasteiger charge is -2.28. The van der Waals surface area contributed by atoms with Crippen molar-refractivity contribution >= 4 is 11.3 Å². The average molecular weight is 300 g/mol. The van der Waals surface area contributed by atoms with Crippen molar-refractivity contribution in [2.24, 2.45) is 0 Å². The van der Waals surface area contributed by atoms with E-state index in [1.165, 1.54) is 40.3 Å². The van der Waals surface area contributed by atoms with Crippen LogP contribution in [0.25, 0.3) is 0 Å². The van der Waals surface area contributed by atoms with Crippen LogP contribution in [0, 0.1) is 0 Å². The highest BCUT2D eigenvalue weighted by atomic mass is 32.1. The number of hydrogen-bond donors (Lipinski definition) is 1. The molecule has 2 heterocycles. The molecular formula is C18H24N2S. The lowest BCUT2D eigenvalue weighted by atomic mass is 10.00. The average Bonchev–Trinajstić information content (AvgIpc) is 2.95. The maximum Gasteiger partial charge on any atom is 0.0331 e. The Morgan fingerprint density at radius 2 is 1.90 bits per heavy atom. The third kappa shape index (κ3) is 3.94. The summed E-state index contributed by atoms with van der Waals surface area (Å²) in [4.78, 5) is 5.51. The van der Waals surface area contributed by atoms with Crippen LogP contribution in [0.4, 0.5) is 0 Å². The molecule has 0 bridgehead atoms. The molecular weight excluding hydrogens is 276 g/mol. The van der Waals surface area contributed by atoms with Gasteiger partial charge in [-0.05, 0) is 42.6 Å². The SMILES string of the molecule is CCCNCc1ccc(CN2CCc3ccccc3C2)s1. The van der Waals surface area contributed by atoms with Crippen molar-refractivity contribution in [1.82, 2.24) is 10.2 Å². The summed E-state index contributed by atoms with van der Waals surface area (Å²) in [6.45, 7) is 7.70. The summed E-state index contributed by atoms with van der Waals surface area (Å²) in [5.41, 5.74) is 3.04. The topological polar surface area (TPSA) is 15.3 Å². The monoisotopic (exact) mass is 300 g/mol. The van der Waals surface area contributed by atoms with Crippen molar-refractivity contribution in [2.75, 3.05) is 13.1 Å². The van der Waals surface area contributed by atoms with E-state index in [-0.39, 0.29) is 0 Å². The molecule has 0 unspecified atom stereocenters. The third-order valence-corrected chi connectivity index (χ3v) is 5.10. The van der Waals surface area contributed by atoms with Crippen LogP contribution in [-0.4, -0.2) is 18.0 Å². The van der Waals surface area contributed by atoms with Crippen LogP contribution < -0.4 is 5.32 Å². The van der Waals surface area contributed by atoms with Gasteiger partial charge in [0.15, 0.2) is 0 Å². The molecule has 1 aromatic carbocycles. The molecule has 21 heavy (non-hydrogen) atoms. The molecule has 3 heteroatoms. The highest BCUT2D eigenvalue weighted by Crippen LogP contribution is 2.23. The van der Waals surface area contributed by atoms with Gasteiger partial charge in [-0.1, -0.05) is 31.2 Å². The second kappa shape index (κ2) is 7.21. The van der Waals surface area contributed by atoms with Crippen molar-refractivity contribution in [3.05, 3.63) is 57.3 Å². The van der Waals surface area contributed by atoms with Gasteiger partial charge in [0.05, 0.1) is 0 Å². The molecule has 2 nitrogen and oxygen atoms in total. The number of thiophene rings is 1.